The lowest BCUT2D eigenvalue weighted by molar-refractivity contribution is 0.199. The van der Waals surface area contributed by atoms with E-state index >= 15 is 0 Å². The molecule has 20 heavy (non-hydrogen) atoms. The second-order valence-corrected chi connectivity index (χ2v) is 6.19. The van der Waals surface area contributed by atoms with Crippen molar-refractivity contribution in [1.29, 1.82) is 0 Å². The average molecular weight is 279 g/mol. The highest BCUT2D eigenvalue weighted by Crippen LogP contribution is 2.33. The van der Waals surface area contributed by atoms with Crippen molar-refractivity contribution in [2.24, 2.45) is 5.92 Å². The molecule has 1 fully saturated rings. The van der Waals surface area contributed by atoms with E-state index in [0.29, 0.717) is 6.04 Å². The Morgan fingerprint density at radius 3 is 2.85 bits per heavy atom. The fourth-order valence-electron chi connectivity index (χ4n) is 3.32. The van der Waals surface area contributed by atoms with Gasteiger partial charge in [-0.1, -0.05) is 19.8 Å². The van der Waals surface area contributed by atoms with Gasteiger partial charge in [-0.15, -0.1) is 0 Å². The molecule has 2 unspecified atom stereocenters. The largest absolute Gasteiger partial charge is 0.383 e. The minimum Gasteiger partial charge on any atom is -0.383 e. The normalized spacial score (nSPS) is 23.2. The lowest BCUT2D eigenvalue weighted by atomic mass is 9.87. The zero-order valence-electron chi connectivity index (χ0n) is 13.4. The SMILES string of the molecule is COCCNCc1c(C)nn(C2CCCC(C)C2)c1C. The Bertz CT molecular complexity index is 428. The first-order chi connectivity index (χ1) is 9.63. The molecule has 1 N–H and O–H groups in total. The molecule has 0 saturated heterocycles. The highest BCUT2D eigenvalue weighted by atomic mass is 16.5. The molecule has 2 rings (SSSR count). The maximum Gasteiger partial charge on any atom is 0.0641 e. The second kappa shape index (κ2) is 7.23. The summed E-state index contributed by atoms with van der Waals surface area (Å²) in [6.07, 6.45) is 5.27. The smallest absolute Gasteiger partial charge is 0.0641 e. The quantitative estimate of drug-likeness (QED) is 0.814. The molecule has 114 valence electrons. The predicted octanol–water partition coefficient (Wildman–Crippen LogP) is 2.99. The van der Waals surface area contributed by atoms with Crippen molar-refractivity contribution in [3.05, 3.63) is 17.0 Å². The third-order valence-electron chi connectivity index (χ3n) is 4.51. The highest BCUT2D eigenvalue weighted by molar-refractivity contribution is 5.24. The van der Waals surface area contributed by atoms with Gasteiger partial charge in [0.1, 0.15) is 0 Å². The number of methoxy groups -OCH3 is 1. The molecule has 4 heteroatoms. The van der Waals surface area contributed by atoms with Gasteiger partial charge in [0.05, 0.1) is 18.3 Å². The van der Waals surface area contributed by atoms with E-state index in [4.69, 9.17) is 9.84 Å². The van der Waals surface area contributed by atoms with Crippen LogP contribution in [0.5, 0.6) is 0 Å². The minimum absolute atomic E-state index is 0.602. The standard InChI is InChI=1S/C16H29N3O/c1-12-6-5-7-15(10-12)19-14(3)16(13(2)18-19)11-17-8-9-20-4/h12,15,17H,5-11H2,1-4H3. The number of hydrogen-bond donors (Lipinski definition) is 1. The number of aromatic nitrogens is 2. The minimum atomic E-state index is 0.602. The molecule has 1 heterocycles. The Labute approximate surface area is 122 Å². The zero-order chi connectivity index (χ0) is 14.5. The van der Waals surface area contributed by atoms with Crippen molar-refractivity contribution >= 4 is 0 Å². The molecule has 0 aliphatic heterocycles. The van der Waals surface area contributed by atoms with Crippen LogP contribution in [0.2, 0.25) is 0 Å². The van der Waals surface area contributed by atoms with Gasteiger partial charge in [0.15, 0.2) is 0 Å². The van der Waals surface area contributed by atoms with E-state index in [9.17, 15) is 0 Å². The summed E-state index contributed by atoms with van der Waals surface area (Å²) in [6, 6.07) is 0.602. The third-order valence-corrected chi connectivity index (χ3v) is 4.51. The fraction of sp³-hybridized carbons (Fsp3) is 0.812. The molecular weight excluding hydrogens is 250 g/mol. The summed E-state index contributed by atoms with van der Waals surface area (Å²) in [7, 11) is 1.74. The van der Waals surface area contributed by atoms with Crippen molar-refractivity contribution in [2.45, 2.75) is 59.0 Å². The summed E-state index contributed by atoms with van der Waals surface area (Å²) in [4.78, 5) is 0. The number of ether oxygens (including phenoxy) is 1. The fourth-order valence-corrected chi connectivity index (χ4v) is 3.32. The van der Waals surface area contributed by atoms with Crippen LogP contribution in [0, 0.1) is 19.8 Å². The average Bonchev–Trinajstić information content (AvgIpc) is 2.71. The zero-order valence-corrected chi connectivity index (χ0v) is 13.4. The Morgan fingerprint density at radius 1 is 1.35 bits per heavy atom. The number of aryl methyl sites for hydroxylation is 1. The number of nitrogens with zero attached hydrogens (tertiary/aromatic N) is 2. The lowest BCUT2D eigenvalue weighted by Crippen LogP contribution is -2.21. The Hall–Kier alpha value is -0.870. The van der Waals surface area contributed by atoms with Gasteiger partial charge < -0.3 is 10.1 Å². The predicted molar refractivity (Wildman–Crippen MR) is 82.0 cm³/mol. The van der Waals surface area contributed by atoms with Crippen LogP contribution in [-0.4, -0.2) is 30.0 Å². The summed E-state index contributed by atoms with van der Waals surface area (Å²) in [5, 5.41) is 8.24. The molecule has 1 saturated carbocycles. The summed E-state index contributed by atoms with van der Waals surface area (Å²) >= 11 is 0. The van der Waals surface area contributed by atoms with Crippen LogP contribution in [-0.2, 0) is 11.3 Å². The number of rotatable bonds is 6. The maximum atomic E-state index is 5.07. The molecule has 0 aromatic carbocycles. The van der Waals surface area contributed by atoms with Gasteiger partial charge in [0.25, 0.3) is 0 Å². The first-order valence-corrected chi connectivity index (χ1v) is 7.87. The van der Waals surface area contributed by atoms with Crippen LogP contribution >= 0.6 is 0 Å². The Kier molecular flexibility index (Phi) is 5.61. The van der Waals surface area contributed by atoms with Crippen molar-refractivity contribution in [2.75, 3.05) is 20.3 Å². The first kappa shape index (κ1) is 15.5. The molecule has 1 aliphatic carbocycles. The molecule has 1 aliphatic rings. The summed E-state index contributed by atoms with van der Waals surface area (Å²) in [5.41, 5.74) is 3.87. The molecule has 0 amide bonds. The van der Waals surface area contributed by atoms with E-state index < -0.39 is 0 Å². The van der Waals surface area contributed by atoms with Gasteiger partial charge in [-0.3, -0.25) is 4.68 Å². The van der Waals surface area contributed by atoms with Crippen LogP contribution in [0.4, 0.5) is 0 Å². The van der Waals surface area contributed by atoms with Crippen molar-refractivity contribution < 1.29 is 4.74 Å². The van der Waals surface area contributed by atoms with Crippen LogP contribution in [0.25, 0.3) is 0 Å². The van der Waals surface area contributed by atoms with Crippen LogP contribution < -0.4 is 5.32 Å². The van der Waals surface area contributed by atoms with Crippen molar-refractivity contribution in [3.8, 4) is 0 Å². The maximum absolute atomic E-state index is 5.07. The Morgan fingerprint density at radius 2 is 2.15 bits per heavy atom. The van der Waals surface area contributed by atoms with Gasteiger partial charge in [-0.2, -0.15) is 5.10 Å². The molecule has 1 aromatic rings. The highest BCUT2D eigenvalue weighted by Gasteiger charge is 2.23. The van der Waals surface area contributed by atoms with Gasteiger partial charge >= 0.3 is 0 Å². The Balaban J connectivity index is 2.03. The summed E-state index contributed by atoms with van der Waals surface area (Å²) < 4.78 is 7.36. The third kappa shape index (κ3) is 3.61. The van der Waals surface area contributed by atoms with Gasteiger partial charge in [-0.25, -0.2) is 0 Å². The van der Waals surface area contributed by atoms with Gasteiger partial charge in [0.2, 0.25) is 0 Å². The monoisotopic (exact) mass is 279 g/mol. The van der Waals surface area contributed by atoms with Crippen molar-refractivity contribution in [3.63, 3.8) is 0 Å². The van der Waals surface area contributed by atoms with E-state index in [1.54, 1.807) is 7.11 Å². The second-order valence-electron chi connectivity index (χ2n) is 6.19. The van der Waals surface area contributed by atoms with E-state index in [2.05, 4.69) is 30.8 Å². The first-order valence-electron chi connectivity index (χ1n) is 7.87. The molecule has 1 aromatic heterocycles. The van der Waals surface area contributed by atoms with Crippen LogP contribution in [0.15, 0.2) is 0 Å². The van der Waals surface area contributed by atoms with Crippen LogP contribution in [0.1, 0.15) is 55.6 Å². The number of hydrogen-bond acceptors (Lipinski definition) is 3. The molecule has 0 bridgehead atoms. The summed E-state index contributed by atoms with van der Waals surface area (Å²) in [5.74, 6) is 0.834. The lowest BCUT2D eigenvalue weighted by Gasteiger charge is -2.28. The molecular formula is C16H29N3O. The summed E-state index contributed by atoms with van der Waals surface area (Å²) in [6.45, 7) is 9.25. The topological polar surface area (TPSA) is 39.1 Å². The van der Waals surface area contributed by atoms with E-state index in [1.165, 1.54) is 42.6 Å². The molecule has 0 spiro atoms. The van der Waals surface area contributed by atoms with Crippen molar-refractivity contribution in [1.82, 2.24) is 15.1 Å². The molecule has 4 nitrogen and oxygen atoms in total. The van der Waals surface area contributed by atoms with Gasteiger partial charge in [0, 0.05) is 31.5 Å². The molecule has 2 atom stereocenters. The van der Waals surface area contributed by atoms with Crippen LogP contribution in [0.3, 0.4) is 0 Å². The van der Waals surface area contributed by atoms with E-state index in [1.807, 2.05) is 0 Å². The van der Waals surface area contributed by atoms with E-state index in [-0.39, 0.29) is 0 Å². The van der Waals surface area contributed by atoms with E-state index in [0.717, 1.165) is 25.6 Å². The molecule has 0 radical (unpaired) electrons. The number of nitrogens with one attached hydrogen (secondary N) is 1. The van der Waals surface area contributed by atoms with Gasteiger partial charge in [-0.05, 0) is 32.6 Å².